The minimum atomic E-state index is -1.44. The molecule has 10 fully saturated rings. The molecule has 0 aromatic carbocycles. The van der Waals surface area contributed by atoms with Crippen molar-refractivity contribution in [1.82, 2.24) is 0 Å². The minimum Gasteiger partial charge on any atom is -0.449 e. The number of hydrogen-bond acceptors (Lipinski definition) is 9. The van der Waals surface area contributed by atoms with Gasteiger partial charge >= 0.3 is 17.7 Å². The summed E-state index contributed by atoms with van der Waals surface area (Å²) in [6.45, 7) is 45.7. The van der Waals surface area contributed by atoms with Gasteiger partial charge in [0.2, 0.25) is 5.70 Å². The summed E-state index contributed by atoms with van der Waals surface area (Å²) in [6, 6.07) is 0. The maximum Gasteiger partial charge on any atom is 0.424 e. The average molecular weight is 1030 g/mol. The lowest BCUT2D eigenvalue weighted by molar-refractivity contribution is -0.209. The molecule has 0 aromatic heterocycles. The van der Waals surface area contributed by atoms with Crippen molar-refractivity contribution >= 4 is 35.1 Å². The third-order valence-electron chi connectivity index (χ3n) is 26.1. The first-order valence-electron chi connectivity index (χ1n) is 29.9. The van der Waals surface area contributed by atoms with E-state index in [1.54, 1.807) is 0 Å². The molecular weight excluding hydrogens is 941 g/mol. The van der Waals surface area contributed by atoms with Gasteiger partial charge in [0.05, 0.1) is 17.4 Å². The van der Waals surface area contributed by atoms with Gasteiger partial charge in [-0.05, 0) is 136 Å². The van der Waals surface area contributed by atoms with Crippen molar-refractivity contribution in [2.24, 2.45) is 88.7 Å². The Hall–Kier alpha value is -4.22. The highest BCUT2D eigenvalue weighted by Gasteiger charge is 2.90. The molecular formula is C64H86N2O9. The summed E-state index contributed by atoms with van der Waals surface area (Å²) in [4.78, 5) is 90.6. The van der Waals surface area contributed by atoms with Crippen molar-refractivity contribution in [3.63, 3.8) is 0 Å². The zero-order valence-corrected chi connectivity index (χ0v) is 48.1. The second kappa shape index (κ2) is 14.7. The molecule has 2 spiro atoms. The SMILES string of the molecule is [3H]C.[3H]C.[C-]#[N+]C1=C[C@]2(C)C3=CC(=O)[C@]45OC(=O)[C@@]6(CCC(C)(C)C[C@H]64)CC[C@@]5(C)[C@]3(C)CC[C@H]2C(C)(C)C1=O.[C-]#[N+][C@@]12O[C@@H]1[C@]1(C)C3=CC(=O)[C@]45OC(=O)[C@@]6(CCC(C)(C)C[C@H]64)CC[C@@]5(C)[C@]3(C)CC[C@H]1C(C)(C)C2=O. The second-order valence-corrected chi connectivity index (χ2v) is 30.4. The number of fused-ring (bicyclic) bond motifs is 10. The Bertz CT molecular complexity index is 2940. The Morgan fingerprint density at radius 2 is 1.00 bits per heavy atom. The third-order valence-corrected chi connectivity index (χ3v) is 26.1. The number of rotatable bonds is 0. The lowest BCUT2D eigenvalue weighted by atomic mass is 9.33. The molecule has 10 aliphatic carbocycles. The molecule has 3 saturated heterocycles. The van der Waals surface area contributed by atoms with Gasteiger partial charge in [0.1, 0.15) is 0 Å². The molecule has 11 nitrogen and oxygen atoms in total. The van der Waals surface area contributed by atoms with Crippen molar-refractivity contribution in [2.45, 2.75) is 225 Å². The van der Waals surface area contributed by atoms with E-state index in [9.17, 15) is 28.8 Å². The van der Waals surface area contributed by atoms with Crippen LogP contribution in [0.25, 0.3) is 9.69 Å². The molecule has 13 rings (SSSR count). The first-order chi connectivity index (χ1) is 35.6. The van der Waals surface area contributed by atoms with Gasteiger partial charge in [0, 0.05) is 47.1 Å². The Labute approximate surface area is 450 Å². The summed E-state index contributed by atoms with van der Waals surface area (Å²) >= 11 is 0. The highest BCUT2D eigenvalue weighted by Crippen LogP contribution is 2.82. The smallest absolute Gasteiger partial charge is 0.424 e. The molecule has 0 radical (unpaired) electrons. The fraction of sp³-hybridized carbons (Fsp3) is 0.781. The molecule has 0 N–H and O–H groups in total. The van der Waals surface area contributed by atoms with Crippen LogP contribution in [0.2, 0.25) is 0 Å². The highest BCUT2D eigenvalue weighted by molar-refractivity contribution is 6.07. The number of nitrogens with zero attached hydrogens (tertiary/aromatic N) is 2. The Kier molecular flexibility index (Phi) is 10.1. The molecule has 11 heteroatoms. The van der Waals surface area contributed by atoms with E-state index in [-0.39, 0.29) is 80.7 Å². The summed E-state index contributed by atoms with van der Waals surface area (Å²) < 4.78 is 30.5. The van der Waals surface area contributed by atoms with Crippen molar-refractivity contribution in [3.05, 3.63) is 57.9 Å². The summed E-state index contributed by atoms with van der Waals surface area (Å²) in [5.74, 6) is -0.906. The molecule has 406 valence electrons. The van der Waals surface area contributed by atoms with E-state index in [1.165, 1.54) is 14.8 Å². The second-order valence-electron chi connectivity index (χ2n) is 30.4. The first-order valence-corrected chi connectivity index (χ1v) is 27.9. The zero-order chi connectivity index (χ0) is 57.1. The molecule has 0 unspecified atom stereocenters. The van der Waals surface area contributed by atoms with Crippen molar-refractivity contribution in [1.29, 1.82) is 0 Å². The number of epoxide rings is 1. The molecule has 3 heterocycles. The summed E-state index contributed by atoms with van der Waals surface area (Å²) in [6.07, 6.45) is 16.5. The number of ketones is 4. The zero-order valence-electron chi connectivity index (χ0n) is 50.1. The van der Waals surface area contributed by atoms with Crippen LogP contribution in [0, 0.1) is 102 Å². The molecule has 16 atom stereocenters. The number of Topliss-reactive ketones (excluding diaryl/α,β-unsaturated/α-hetero) is 2. The molecule has 0 amide bonds. The standard InChI is InChI=1S/C31H39NO5.C31H39NO4.2CH4/c1-24(2)11-13-29-14-12-27(6)26(5)10-9-17-25(3,4)21(34)31(32-8)22(36-31)28(17,7)18(26)15-20(33)30(27,19(29)16-24)37-23(29)35;1-25(2)11-13-30-14-12-29(7)28(6)10-9-19-26(3,4)23(34)18(32-8)16-27(19,5)20(28)15-22(33)31(29,21(30)17-25)36-24(30)35;;/h15,17,19,22H,9-14,16H2,1-7H3;15-16,19,21H,9-14,17H2,1-7H3;2*1H4/t17-,19+,22+,26+,27-,28-,29-,30+,31-;19-,21+,27-,28+,29-,30-,31+;;/m00../s1/i;;2*1T. The fourth-order valence-corrected chi connectivity index (χ4v) is 21.6. The highest BCUT2D eigenvalue weighted by atomic mass is 16.6. The minimum absolute atomic E-state index is 0.00944. The van der Waals surface area contributed by atoms with Gasteiger partial charge in [-0.15, -0.1) is 0 Å². The summed E-state index contributed by atoms with van der Waals surface area (Å²) in [7, 11) is 2.50. The molecule has 7 saturated carbocycles. The normalized spacial score (nSPS) is 51.7. The van der Waals surface area contributed by atoms with Crippen molar-refractivity contribution in [3.8, 4) is 0 Å². The number of esters is 2. The van der Waals surface area contributed by atoms with Crippen molar-refractivity contribution in [2.75, 3.05) is 0 Å². The van der Waals surface area contributed by atoms with Crippen LogP contribution < -0.4 is 0 Å². The Morgan fingerprint density at radius 3 is 1.47 bits per heavy atom. The van der Waals surface area contributed by atoms with E-state index in [0.717, 1.165) is 101 Å². The number of carbonyl (C=O) groups excluding carboxylic acids is 6. The predicted molar refractivity (Wildman–Crippen MR) is 283 cm³/mol. The van der Waals surface area contributed by atoms with Gasteiger partial charge < -0.3 is 14.3 Å². The predicted octanol–water partition coefficient (Wildman–Crippen LogP) is 13.0. The summed E-state index contributed by atoms with van der Waals surface area (Å²) in [5.41, 5.74) is -6.97. The van der Waals surface area contributed by atoms with E-state index in [4.69, 9.17) is 30.1 Å². The maximum atomic E-state index is 14.6. The molecule has 75 heavy (non-hydrogen) atoms. The van der Waals surface area contributed by atoms with E-state index in [2.05, 4.69) is 78.9 Å². The summed E-state index contributed by atoms with van der Waals surface area (Å²) in [5, 5.41) is 0. The van der Waals surface area contributed by atoms with Gasteiger partial charge in [-0.1, -0.05) is 129 Å². The number of allylic oxidation sites excluding steroid dienone is 3. The first kappa shape index (κ1) is 51.5. The van der Waals surface area contributed by atoms with Crippen LogP contribution in [0.15, 0.2) is 35.1 Å². The van der Waals surface area contributed by atoms with Gasteiger partial charge in [-0.3, -0.25) is 33.6 Å². The van der Waals surface area contributed by atoms with Gasteiger partial charge in [-0.25, -0.2) is 11.4 Å². The van der Waals surface area contributed by atoms with E-state index in [0.29, 0.717) is 0 Å². The van der Waals surface area contributed by atoms with Crippen LogP contribution in [-0.2, 0) is 43.0 Å². The van der Waals surface area contributed by atoms with Crippen LogP contribution in [0.5, 0.6) is 0 Å². The van der Waals surface area contributed by atoms with Crippen LogP contribution in [0.1, 0.15) is 204 Å². The van der Waals surface area contributed by atoms with Gasteiger partial charge in [-0.2, -0.15) is 0 Å². The van der Waals surface area contributed by atoms with Gasteiger partial charge in [0.25, 0.3) is 5.78 Å². The van der Waals surface area contributed by atoms with Crippen LogP contribution >= 0.6 is 0 Å². The number of carbonyl (C=O) groups is 6. The van der Waals surface area contributed by atoms with E-state index in [1.807, 2.05) is 45.9 Å². The van der Waals surface area contributed by atoms with Gasteiger partial charge in [0.15, 0.2) is 34.7 Å². The largest absolute Gasteiger partial charge is 0.449 e. The number of ether oxygens (including phenoxy) is 3. The van der Waals surface area contributed by atoms with Crippen molar-refractivity contribution < 1.29 is 45.7 Å². The molecule has 4 bridgehead atoms. The third kappa shape index (κ3) is 5.44. The fourth-order valence-electron chi connectivity index (χ4n) is 21.6. The maximum absolute atomic E-state index is 14.6. The van der Waals surface area contributed by atoms with E-state index >= 15 is 0 Å². The Balaban J connectivity index is 0.000000164. The Morgan fingerprint density at radius 1 is 0.560 bits per heavy atom. The lowest BCUT2D eigenvalue weighted by Gasteiger charge is -2.69. The molecule has 13 aliphatic rings. The number of hydrogen-bond donors (Lipinski definition) is 0. The lowest BCUT2D eigenvalue weighted by Crippen LogP contribution is -2.72. The van der Waals surface area contributed by atoms with Crippen LogP contribution in [0.4, 0.5) is 0 Å². The van der Waals surface area contributed by atoms with Crippen LogP contribution in [0.3, 0.4) is 0 Å². The monoisotopic (exact) mass is 1030 g/mol. The molecule has 0 aromatic rings. The van der Waals surface area contributed by atoms with E-state index < -0.39 is 71.8 Å². The average Bonchev–Trinajstić information content (AvgIpc) is 4.27. The molecule has 3 aliphatic heterocycles. The van der Waals surface area contributed by atoms with Crippen LogP contribution in [-0.4, -0.2) is 58.1 Å². The quantitative estimate of drug-likeness (QED) is 0.132. The topological polar surface area (TPSA) is 142 Å².